The van der Waals surface area contributed by atoms with Gasteiger partial charge in [0.15, 0.2) is 0 Å². The van der Waals surface area contributed by atoms with Crippen molar-refractivity contribution in [3.63, 3.8) is 0 Å². The fraction of sp³-hybridized carbons (Fsp3) is 0.286. The SMILES string of the molecule is COc1cccc(-c2cc(C(=O)N3CC[C@H](Oc4ccc(C)cn4)C3)[nH]n2)c1. The van der Waals surface area contributed by atoms with E-state index in [0.29, 0.717) is 30.4 Å². The maximum absolute atomic E-state index is 12.8. The minimum atomic E-state index is -0.0791. The van der Waals surface area contributed by atoms with Crippen LogP contribution in [0.5, 0.6) is 11.6 Å². The predicted molar refractivity (Wildman–Crippen MR) is 104 cm³/mol. The lowest BCUT2D eigenvalue weighted by molar-refractivity contribution is 0.0765. The number of likely N-dealkylation sites (tertiary alicyclic amines) is 1. The number of benzene rings is 1. The van der Waals surface area contributed by atoms with Crippen LogP contribution < -0.4 is 9.47 Å². The first-order chi connectivity index (χ1) is 13.6. The highest BCUT2D eigenvalue weighted by Crippen LogP contribution is 2.24. The molecular formula is C21H22N4O3. The van der Waals surface area contributed by atoms with Crippen molar-refractivity contribution in [2.24, 2.45) is 0 Å². The third kappa shape index (κ3) is 3.83. The Morgan fingerprint density at radius 2 is 2.14 bits per heavy atom. The molecule has 0 saturated carbocycles. The Kier molecular flexibility index (Phi) is 4.97. The van der Waals surface area contributed by atoms with Crippen LogP contribution in [-0.2, 0) is 0 Å². The lowest BCUT2D eigenvalue weighted by Gasteiger charge is -2.16. The summed E-state index contributed by atoms with van der Waals surface area (Å²) in [4.78, 5) is 18.9. The Labute approximate surface area is 163 Å². The van der Waals surface area contributed by atoms with E-state index < -0.39 is 0 Å². The molecule has 1 aliphatic rings. The molecule has 1 aliphatic heterocycles. The largest absolute Gasteiger partial charge is 0.497 e. The number of pyridine rings is 1. The topological polar surface area (TPSA) is 80.3 Å². The molecule has 0 bridgehead atoms. The molecule has 2 aromatic heterocycles. The highest BCUT2D eigenvalue weighted by atomic mass is 16.5. The molecule has 1 fully saturated rings. The first-order valence-corrected chi connectivity index (χ1v) is 9.21. The summed E-state index contributed by atoms with van der Waals surface area (Å²) < 4.78 is 11.1. The molecule has 144 valence electrons. The first kappa shape index (κ1) is 18.0. The van der Waals surface area contributed by atoms with Crippen LogP contribution in [0, 0.1) is 6.92 Å². The number of amides is 1. The Morgan fingerprint density at radius 3 is 2.93 bits per heavy atom. The quantitative estimate of drug-likeness (QED) is 0.738. The molecule has 1 N–H and O–H groups in total. The number of ether oxygens (including phenoxy) is 2. The average Bonchev–Trinajstić information content (AvgIpc) is 3.39. The Hall–Kier alpha value is -3.35. The van der Waals surface area contributed by atoms with E-state index in [1.54, 1.807) is 24.3 Å². The standard InChI is InChI=1S/C21H22N4O3/c1-14-6-7-20(22-12-14)28-17-8-9-25(13-17)21(26)19-11-18(23-24-19)15-4-3-5-16(10-15)27-2/h3-7,10-12,17H,8-9,13H2,1-2H3,(H,23,24)/t17-/m0/s1. The Bertz CT molecular complexity index is 968. The normalized spacial score (nSPS) is 16.2. The van der Waals surface area contributed by atoms with E-state index in [9.17, 15) is 4.79 Å². The molecule has 1 aromatic carbocycles. The van der Waals surface area contributed by atoms with Gasteiger partial charge in [0.25, 0.3) is 5.91 Å². The molecule has 3 aromatic rings. The zero-order valence-corrected chi connectivity index (χ0v) is 15.9. The predicted octanol–water partition coefficient (Wildman–Crippen LogP) is 3.08. The third-order valence-corrected chi connectivity index (χ3v) is 4.78. The maximum Gasteiger partial charge on any atom is 0.272 e. The lowest BCUT2D eigenvalue weighted by Crippen LogP contribution is -2.31. The lowest BCUT2D eigenvalue weighted by atomic mass is 10.1. The summed E-state index contributed by atoms with van der Waals surface area (Å²) in [5.74, 6) is 1.26. The summed E-state index contributed by atoms with van der Waals surface area (Å²) in [5.41, 5.74) is 3.15. The summed E-state index contributed by atoms with van der Waals surface area (Å²) in [7, 11) is 1.62. The summed E-state index contributed by atoms with van der Waals surface area (Å²) in [6.45, 7) is 3.15. The molecule has 0 aliphatic carbocycles. The molecule has 0 radical (unpaired) electrons. The number of methoxy groups -OCH3 is 1. The van der Waals surface area contributed by atoms with Gasteiger partial charge in [0.2, 0.25) is 5.88 Å². The van der Waals surface area contributed by atoms with Crippen LogP contribution in [0.1, 0.15) is 22.5 Å². The smallest absolute Gasteiger partial charge is 0.272 e. The molecule has 0 spiro atoms. The summed E-state index contributed by atoms with van der Waals surface area (Å²) >= 11 is 0. The van der Waals surface area contributed by atoms with Crippen LogP contribution in [0.2, 0.25) is 0 Å². The van der Waals surface area contributed by atoms with Crippen LogP contribution in [0.15, 0.2) is 48.7 Å². The summed E-state index contributed by atoms with van der Waals surface area (Å²) in [5, 5.41) is 7.13. The van der Waals surface area contributed by atoms with Crippen LogP contribution in [0.3, 0.4) is 0 Å². The number of hydrogen-bond donors (Lipinski definition) is 1. The number of aromatic amines is 1. The number of aryl methyl sites for hydroxylation is 1. The van der Waals surface area contributed by atoms with Gasteiger partial charge in [-0.05, 0) is 30.7 Å². The van der Waals surface area contributed by atoms with Crippen molar-refractivity contribution in [1.29, 1.82) is 0 Å². The fourth-order valence-electron chi connectivity index (χ4n) is 3.24. The van der Waals surface area contributed by atoms with E-state index in [1.807, 2.05) is 43.3 Å². The summed E-state index contributed by atoms with van der Waals surface area (Å²) in [6.07, 6.45) is 2.50. The molecule has 4 rings (SSSR count). The number of carbonyl (C=O) groups excluding carboxylic acids is 1. The highest BCUT2D eigenvalue weighted by molar-refractivity contribution is 5.93. The monoisotopic (exact) mass is 378 g/mol. The molecule has 28 heavy (non-hydrogen) atoms. The second kappa shape index (κ2) is 7.72. The van der Waals surface area contributed by atoms with Gasteiger partial charge in [-0.3, -0.25) is 9.89 Å². The summed E-state index contributed by atoms with van der Waals surface area (Å²) in [6, 6.07) is 13.2. The number of carbonyl (C=O) groups is 1. The van der Waals surface area contributed by atoms with Crippen molar-refractivity contribution in [1.82, 2.24) is 20.1 Å². The average molecular weight is 378 g/mol. The molecule has 7 nitrogen and oxygen atoms in total. The van der Waals surface area contributed by atoms with E-state index in [1.165, 1.54) is 0 Å². The molecule has 0 unspecified atom stereocenters. The van der Waals surface area contributed by atoms with Gasteiger partial charge in [0, 0.05) is 30.8 Å². The molecular weight excluding hydrogens is 356 g/mol. The van der Waals surface area contributed by atoms with Gasteiger partial charge < -0.3 is 14.4 Å². The van der Waals surface area contributed by atoms with E-state index >= 15 is 0 Å². The van der Waals surface area contributed by atoms with Crippen molar-refractivity contribution in [3.05, 3.63) is 59.9 Å². The van der Waals surface area contributed by atoms with Crippen LogP contribution >= 0.6 is 0 Å². The Morgan fingerprint density at radius 1 is 1.25 bits per heavy atom. The number of nitrogens with zero attached hydrogens (tertiary/aromatic N) is 3. The zero-order valence-electron chi connectivity index (χ0n) is 15.9. The molecule has 7 heteroatoms. The van der Waals surface area contributed by atoms with Gasteiger partial charge >= 0.3 is 0 Å². The highest BCUT2D eigenvalue weighted by Gasteiger charge is 2.29. The van der Waals surface area contributed by atoms with Gasteiger partial charge in [-0.2, -0.15) is 5.10 Å². The second-order valence-electron chi connectivity index (χ2n) is 6.85. The van der Waals surface area contributed by atoms with Crippen LogP contribution in [-0.4, -0.2) is 52.3 Å². The fourth-order valence-corrected chi connectivity index (χ4v) is 3.24. The van der Waals surface area contributed by atoms with Crippen LogP contribution in [0.4, 0.5) is 0 Å². The van der Waals surface area contributed by atoms with E-state index in [2.05, 4.69) is 15.2 Å². The van der Waals surface area contributed by atoms with Gasteiger partial charge in [0.05, 0.1) is 19.3 Å². The molecule has 3 heterocycles. The minimum Gasteiger partial charge on any atom is -0.497 e. The number of rotatable bonds is 5. The van der Waals surface area contributed by atoms with Crippen molar-refractivity contribution in [2.75, 3.05) is 20.2 Å². The van der Waals surface area contributed by atoms with E-state index in [4.69, 9.17) is 9.47 Å². The van der Waals surface area contributed by atoms with Crippen molar-refractivity contribution in [3.8, 4) is 22.9 Å². The number of aromatic nitrogens is 3. The zero-order chi connectivity index (χ0) is 19.5. The van der Waals surface area contributed by atoms with E-state index in [0.717, 1.165) is 23.3 Å². The minimum absolute atomic E-state index is 0.0556. The number of hydrogen-bond acceptors (Lipinski definition) is 5. The van der Waals surface area contributed by atoms with Gasteiger partial charge in [-0.1, -0.05) is 18.2 Å². The second-order valence-corrected chi connectivity index (χ2v) is 6.85. The first-order valence-electron chi connectivity index (χ1n) is 9.21. The van der Waals surface area contributed by atoms with Gasteiger partial charge in [-0.25, -0.2) is 4.98 Å². The number of nitrogens with one attached hydrogen (secondary N) is 1. The van der Waals surface area contributed by atoms with Crippen molar-refractivity contribution in [2.45, 2.75) is 19.4 Å². The molecule has 1 saturated heterocycles. The van der Waals surface area contributed by atoms with Crippen molar-refractivity contribution < 1.29 is 14.3 Å². The molecule has 1 atom stereocenters. The third-order valence-electron chi connectivity index (χ3n) is 4.78. The van der Waals surface area contributed by atoms with E-state index in [-0.39, 0.29) is 12.0 Å². The van der Waals surface area contributed by atoms with Crippen LogP contribution in [0.25, 0.3) is 11.3 Å². The Balaban J connectivity index is 1.41. The maximum atomic E-state index is 12.8. The van der Waals surface area contributed by atoms with Gasteiger partial charge in [0.1, 0.15) is 17.5 Å². The van der Waals surface area contributed by atoms with Crippen molar-refractivity contribution >= 4 is 5.91 Å². The molecule has 1 amide bonds. The number of H-pyrrole nitrogens is 1. The van der Waals surface area contributed by atoms with Gasteiger partial charge in [-0.15, -0.1) is 0 Å².